The maximum absolute atomic E-state index is 13.2. The second-order valence-corrected chi connectivity index (χ2v) is 20.0. The van der Waals surface area contributed by atoms with Gasteiger partial charge < -0.3 is 40.3 Å². The number of carbonyl (C=O) groups excluding carboxylic acids is 1. The molecule has 0 bridgehead atoms. The maximum Gasteiger partial charge on any atom is 0.397 e. The standard InChI is InChI=1S/C53H99NO12S/c1-3-5-7-9-11-13-15-17-19-21-23-24-26-28-30-32-34-36-38-40-42-47(57)52(60)54-45(44-64-53-50(59)51(66-67(61,62)63)49(58)48(43-55)65-53)46(56)41-39-37-35-33-31-29-27-25-22-20-18-16-14-12-10-8-6-4-2/h5,7,11,13,39,41,45-51,53,55-59H,3-4,6,8-10,12,14-38,40,42-44H2,1-2H3,(H,54,60)(H,61,62,63)/b7-5-,13-11-,41-39+. The van der Waals surface area contributed by atoms with Crippen molar-refractivity contribution >= 4 is 16.3 Å². The Kier molecular flexibility index (Phi) is 40.7. The van der Waals surface area contributed by atoms with Crippen molar-refractivity contribution in [3.05, 3.63) is 36.5 Å². The van der Waals surface area contributed by atoms with E-state index in [1.165, 1.54) is 148 Å². The molecule has 13 nitrogen and oxygen atoms in total. The summed E-state index contributed by atoms with van der Waals surface area (Å²) in [6, 6.07) is -1.12. The Morgan fingerprint density at radius 3 is 1.54 bits per heavy atom. The molecular weight excluding hydrogens is 875 g/mol. The van der Waals surface area contributed by atoms with Gasteiger partial charge in [0.05, 0.1) is 25.4 Å². The highest BCUT2D eigenvalue weighted by atomic mass is 32.3. The number of ether oxygens (including phenoxy) is 2. The Hall–Kier alpha value is -1.72. The van der Waals surface area contributed by atoms with Crippen molar-refractivity contribution in [2.75, 3.05) is 13.2 Å². The van der Waals surface area contributed by atoms with E-state index >= 15 is 0 Å². The van der Waals surface area contributed by atoms with Crippen LogP contribution >= 0.6 is 0 Å². The van der Waals surface area contributed by atoms with Gasteiger partial charge in [-0.2, -0.15) is 8.42 Å². The van der Waals surface area contributed by atoms with E-state index in [0.29, 0.717) is 12.8 Å². The Balaban J connectivity index is 2.48. The molecule has 1 saturated heterocycles. The zero-order valence-electron chi connectivity index (χ0n) is 42.1. The van der Waals surface area contributed by atoms with Gasteiger partial charge in [-0.3, -0.25) is 9.35 Å². The van der Waals surface area contributed by atoms with E-state index in [9.17, 15) is 43.3 Å². The minimum absolute atomic E-state index is 0.242. The number of unbranched alkanes of at least 4 members (excludes halogenated alkanes) is 29. The van der Waals surface area contributed by atoms with E-state index in [0.717, 1.165) is 51.4 Å². The number of aliphatic hydroxyl groups excluding tert-OH is 5. The molecule has 8 unspecified atom stereocenters. The van der Waals surface area contributed by atoms with Crippen molar-refractivity contribution in [3.63, 3.8) is 0 Å². The molecule has 1 aliphatic rings. The van der Waals surface area contributed by atoms with Crippen molar-refractivity contribution in [2.24, 2.45) is 0 Å². The molecule has 1 heterocycles. The minimum Gasteiger partial charge on any atom is -0.394 e. The third-order valence-corrected chi connectivity index (χ3v) is 13.2. The number of hydrogen-bond donors (Lipinski definition) is 7. The average Bonchev–Trinajstić information content (AvgIpc) is 3.30. The van der Waals surface area contributed by atoms with Crippen LogP contribution in [0.2, 0.25) is 0 Å². The fourth-order valence-corrected chi connectivity index (χ4v) is 9.07. The predicted octanol–water partition coefficient (Wildman–Crippen LogP) is 10.8. The fraction of sp³-hybridized carbons (Fsp3) is 0.868. The summed E-state index contributed by atoms with van der Waals surface area (Å²) in [7, 11) is -5.12. The van der Waals surface area contributed by atoms with E-state index in [4.69, 9.17) is 9.47 Å². The Bertz CT molecular complexity index is 1350. The molecule has 8 atom stereocenters. The van der Waals surface area contributed by atoms with E-state index in [1.54, 1.807) is 6.08 Å². The molecular formula is C53H99NO12S. The third-order valence-electron chi connectivity index (χ3n) is 12.8. The number of rotatable bonds is 46. The lowest BCUT2D eigenvalue weighted by molar-refractivity contribution is -0.298. The predicted molar refractivity (Wildman–Crippen MR) is 270 cm³/mol. The molecule has 0 radical (unpaired) electrons. The van der Waals surface area contributed by atoms with Crippen molar-refractivity contribution in [1.29, 1.82) is 0 Å². The molecule has 7 N–H and O–H groups in total. The van der Waals surface area contributed by atoms with Crippen LogP contribution < -0.4 is 5.32 Å². The van der Waals surface area contributed by atoms with Crippen LogP contribution in [0.5, 0.6) is 0 Å². The highest BCUT2D eigenvalue weighted by Crippen LogP contribution is 2.26. The molecule has 0 aromatic carbocycles. The van der Waals surface area contributed by atoms with Crippen LogP contribution in [-0.2, 0) is 28.9 Å². The number of amides is 1. The quantitative estimate of drug-likeness (QED) is 0.0173. The fourth-order valence-electron chi connectivity index (χ4n) is 8.56. The van der Waals surface area contributed by atoms with E-state index in [-0.39, 0.29) is 6.42 Å². The van der Waals surface area contributed by atoms with Crippen molar-refractivity contribution < 1.29 is 57.0 Å². The van der Waals surface area contributed by atoms with Crippen molar-refractivity contribution in [2.45, 2.75) is 281 Å². The molecule has 394 valence electrons. The first-order chi connectivity index (χ1) is 32.4. The van der Waals surface area contributed by atoms with Crippen molar-refractivity contribution in [1.82, 2.24) is 5.32 Å². The number of hydrogen-bond acceptors (Lipinski definition) is 11. The SMILES string of the molecule is CC/C=C\C/C=C\CCCCCCCCCCCCCCCC(O)C(=O)NC(COC1OC(CO)C(O)C(OS(=O)(=O)O)C1O)C(O)/C=C/CCCCCCCCCCCCCCCCCC. The van der Waals surface area contributed by atoms with Gasteiger partial charge in [-0.05, 0) is 44.9 Å². The monoisotopic (exact) mass is 974 g/mol. The molecule has 0 saturated carbocycles. The van der Waals surface area contributed by atoms with Gasteiger partial charge in [0.15, 0.2) is 6.29 Å². The molecule has 0 aromatic rings. The Morgan fingerprint density at radius 1 is 0.627 bits per heavy atom. The lowest BCUT2D eigenvalue weighted by Crippen LogP contribution is -2.61. The smallest absolute Gasteiger partial charge is 0.394 e. The van der Waals surface area contributed by atoms with Crippen LogP contribution in [0.1, 0.15) is 232 Å². The molecule has 14 heteroatoms. The molecule has 1 rings (SSSR count). The second-order valence-electron chi connectivity index (χ2n) is 18.9. The van der Waals surface area contributed by atoms with E-state index < -0.39 is 78.5 Å². The highest BCUT2D eigenvalue weighted by Gasteiger charge is 2.48. The molecule has 67 heavy (non-hydrogen) atoms. The zero-order valence-corrected chi connectivity index (χ0v) is 42.9. The van der Waals surface area contributed by atoms with Gasteiger partial charge in [0, 0.05) is 0 Å². The van der Waals surface area contributed by atoms with Gasteiger partial charge in [0.1, 0.15) is 30.5 Å². The molecule has 1 fully saturated rings. The lowest BCUT2D eigenvalue weighted by atomic mass is 9.99. The average molecular weight is 974 g/mol. The number of carbonyl (C=O) groups is 1. The number of nitrogens with one attached hydrogen (secondary N) is 1. The van der Waals surface area contributed by atoms with Crippen LogP contribution in [0.3, 0.4) is 0 Å². The largest absolute Gasteiger partial charge is 0.397 e. The Labute approximate surface area is 408 Å². The number of allylic oxidation sites excluding steroid dienone is 5. The first kappa shape index (κ1) is 63.3. The van der Waals surface area contributed by atoms with Gasteiger partial charge in [0.25, 0.3) is 0 Å². The topological polar surface area (TPSA) is 212 Å². The molecule has 0 spiro atoms. The highest BCUT2D eigenvalue weighted by molar-refractivity contribution is 7.80. The summed E-state index contributed by atoms with van der Waals surface area (Å²) in [5, 5.41) is 55.5. The summed E-state index contributed by atoms with van der Waals surface area (Å²) in [6.07, 6.45) is 40.7. The summed E-state index contributed by atoms with van der Waals surface area (Å²) in [6.45, 7) is 3.15. The minimum atomic E-state index is -5.12. The van der Waals surface area contributed by atoms with Crippen LogP contribution in [0.15, 0.2) is 36.5 Å². The van der Waals surface area contributed by atoms with E-state index in [2.05, 4.69) is 47.7 Å². The van der Waals surface area contributed by atoms with Gasteiger partial charge in [-0.1, -0.05) is 224 Å². The summed E-state index contributed by atoms with van der Waals surface area (Å²) < 4.78 is 47.7. The van der Waals surface area contributed by atoms with Gasteiger partial charge in [0.2, 0.25) is 5.91 Å². The molecule has 1 amide bonds. The number of aliphatic hydroxyl groups is 5. The summed E-state index contributed by atoms with van der Waals surface area (Å²) in [5.74, 6) is -0.701. The van der Waals surface area contributed by atoms with Crippen LogP contribution in [0.4, 0.5) is 0 Å². The molecule has 0 aromatic heterocycles. The van der Waals surface area contributed by atoms with Crippen LogP contribution in [0.25, 0.3) is 0 Å². The molecule has 0 aliphatic carbocycles. The van der Waals surface area contributed by atoms with E-state index in [1.807, 2.05) is 6.08 Å². The first-order valence-electron chi connectivity index (χ1n) is 27.0. The third kappa shape index (κ3) is 35.1. The normalized spacial score (nSPS) is 20.6. The summed E-state index contributed by atoms with van der Waals surface area (Å²) >= 11 is 0. The zero-order chi connectivity index (χ0) is 49.2. The van der Waals surface area contributed by atoms with Crippen LogP contribution in [-0.4, -0.2) is 107 Å². The van der Waals surface area contributed by atoms with Gasteiger partial charge in [-0.25, -0.2) is 4.18 Å². The van der Waals surface area contributed by atoms with Gasteiger partial charge in [-0.15, -0.1) is 0 Å². The van der Waals surface area contributed by atoms with Gasteiger partial charge >= 0.3 is 10.4 Å². The molecule has 1 aliphatic heterocycles. The maximum atomic E-state index is 13.2. The first-order valence-corrected chi connectivity index (χ1v) is 28.3. The van der Waals surface area contributed by atoms with Crippen LogP contribution in [0, 0.1) is 0 Å². The summed E-state index contributed by atoms with van der Waals surface area (Å²) in [5.41, 5.74) is 0. The second kappa shape index (κ2) is 43.1. The lowest BCUT2D eigenvalue weighted by Gasteiger charge is -2.41. The summed E-state index contributed by atoms with van der Waals surface area (Å²) in [4.78, 5) is 13.2. The van der Waals surface area contributed by atoms with Crippen molar-refractivity contribution in [3.8, 4) is 0 Å². The Morgan fingerprint density at radius 2 is 1.07 bits per heavy atom.